The Morgan fingerprint density at radius 3 is 2.42 bits per heavy atom. The van der Waals surface area contributed by atoms with Crippen molar-refractivity contribution >= 4 is 40.7 Å². The summed E-state index contributed by atoms with van der Waals surface area (Å²) < 4.78 is 16.3. The molecule has 1 fully saturated rings. The number of unbranched alkanes of at least 4 members (excludes halogenated alkanes) is 1. The second-order valence-electron chi connectivity index (χ2n) is 7.08. The van der Waals surface area contributed by atoms with Crippen molar-refractivity contribution in [3.05, 3.63) is 50.9 Å². The Hall–Kier alpha value is -2.64. The van der Waals surface area contributed by atoms with Crippen molar-refractivity contribution in [1.82, 2.24) is 4.90 Å². The summed E-state index contributed by atoms with van der Waals surface area (Å²) in [5, 5.41) is 11.4. The molecule has 0 spiro atoms. The van der Waals surface area contributed by atoms with E-state index in [0.29, 0.717) is 24.5 Å². The number of aryl methyl sites for hydroxylation is 1. The van der Waals surface area contributed by atoms with Crippen LogP contribution in [0.25, 0.3) is 5.76 Å². The summed E-state index contributed by atoms with van der Waals surface area (Å²) in [6.45, 7) is 4.08. The minimum absolute atomic E-state index is 0.0321. The lowest BCUT2D eigenvalue weighted by Crippen LogP contribution is -2.30. The first-order valence-electron chi connectivity index (χ1n) is 9.71. The maximum Gasteiger partial charge on any atom is 0.295 e. The van der Waals surface area contributed by atoms with E-state index in [1.807, 2.05) is 6.92 Å². The van der Waals surface area contributed by atoms with Crippen molar-refractivity contribution in [2.75, 3.05) is 20.8 Å². The molecule has 0 saturated carbocycles. The van der Waals surface area contributed by atoms with Gasteiger partial charge in [-0.15, -0.1) is 0 Å². The smallest absolute Gasteiger partial charge is 0.295 e. The van der Waals surface area contributed by atoms with Crippen molar-refractivity contribution in [2.45, 2.75) is 32.7 Å². The van der Waals surface area contributed by atoms with Gasteiger partial charge in [0.1, 0.15) is 28.3 Å². The third-order valence-electron chi connectivity index (χ3n) is 5.12. The Kier molecular flexibility index (Phi) is 6.86. The first-order valence-corrected chi connectivity index (χ1v) is 10.5. The third-order valence-corrected chi connectivity index (χ3v) is 5.74. The van der Waals surface area contributed by atoms with Gasteiger partial charge >= 0.3 is 0 Å². The van der Waals surface area contributed by atoms with E-state index in [1.165, 1.54) is 25.2 Å². The molecule has 1 aromatic heterocycles. The number of hydrogen-bond acceptors (Lipinski definition) is 6. The summed E-state index contributed by atoms with van der Waals surface area (Å²) in [6, 6.07) is 3.91. The molecule has 166 valence electrons. The lowest BCUT2D eigenvalue weighted by Gasteiger charge is -2.23. The number of halogens is 2. The number of benzene rings is 1. The standard InChI is InChI=1S/C22H23Cl2NO6/c1-5-6-9-25-17(14-8-7-11(2)31-14)15(19(27)22(25)28)18(26)12-10-13(23)21(30-4)16(24)20(12)29-3/h7-8,10,17,26H,5-6,9H2,1-4H3/b18-15+. The maximum absolute atomic E-state index is 13.0. The molecule has 1 amide bonds. The van der Waals surface area contributed by atoms with E-state index in [0.717, 1.165) is 6.42 Å². The predicted octanol–water partition coefficient (Wildman–Crippen LogP) is 5.13. The van der Waals surface area contributed by atoms with Gasteiger partial charge in [0.15, 0.2) is 11.5 Å². The number of carbonyl (C=O) groups is 2. The zero-order valence-corrected chi connectivity index (χ0v) is 19.1. The highest BCUT2D eigenvalue weighted by atomic mass is 35.5. The number of amides is 1. The molecule has 2 aromatic rings. The lowest BCUT2D eigenvalue weighted by atomic mass is 9.98. The molecule has 31 heavy (non-hydrogen) atoms. The van der Waals surface area contributed by atoms with Gasteiger partial charge in [-0.2, -0.15) is 0 Å². The van der Waals surface area contributed by atoms with Gasteiger partial charge in [-0.25, -0.2) is 0 Å². The van der Waals surface area contributed by atoms with Crippen LogP contribution in [0.1, 0.15) is 42.9 Å². The molecular weight excluding hydrogens is 445 g/mol. The number of carbonyl (C=O) groups excluding carboxylic acids is 2. The Morgan fingerprint density at radius 1 is 1.19 bits per heavy atom. The van der Waals surface area contributed by atoms with Crippen LogP contribution >= 0.6 is 23.2 Å². The number of ketones is 1. The molecule has 1 unspecified atom stereocenters. The van der Waals surface area contributed by atoms with Gasteiger partial charge in [0.25, 0.3) is 11.7 Å². The molecule has 9 heteroatoms. The van der Waals surface area contributed by atoms with Crippen LogP contribution in [0.3, 0.4) is 0 Å². The predicted molar refractivity (Wildman–Crippen MR) is 117 cm³/mol. The number of likely N-dealkylation sites (tertiary alicyclic amines) is 1. The van der Waals surface area contributed by atoms with Crippen LogP contribution in [0.5, 0.6) is 11.5 Å². The summed E-state index contributed by atoms with van der Waals surface area (Å²) in [5.74, 6) is -0.771. The van der Waals surface area contributed by atoms with E-state index in [2.05, 4.69) is 0 Å². The molecule has 1 aliphatic heterocycles. The fraction of sp³-hybridized carbons (Fsp3) is 0.364. The number of rotatable bonds is 7. The third kappa shape index (κ3) is 4.00. The first-order chi connectivity index (χ1) is 14.8. The van der Waals surface area contributed by atoms with Gasteiger partial charge in [0.2, 0.25) is 0 Å². The molecule has 3 rings (SSSR count). The Morgan fingerprint density at radius 2 is 1.87 bits per heavy atom. The number of furan rings is 1. The van der Waals surface area contributed by atoms with Gasteiger partial charge in [0, 0.05) is 6.54 Å². The van der Waals surface area contributed by atoms with Gasteiger partial charge in [-0.1, -0.05) is 36.5 Å². The molecular formula is C22H23Cl2NO6. The zero-order chi connectivity index (χ0) is 22.9. The minimum atomic E-state index is -0.885. The van der Waals surface area contributed by atoms with Gasteiger partial charge in [-0.05, 0) is 31.5 Å². The molecule has 1 aliphatic rings. The van der Waals surface area contributed by atoms with Crippen molar-refractivity contribution in [1.29, 1.82) is 0 Å². The van der Waals surface area contributed by atoms with E-state index in [-0.39, 0.29) is 32.7 Å². The van der Waals surface area contributed by atoms with E-state index >= 15 is 0 Å². The van der Waals surface area contributed by atoms with Crippen LogP contribution in [-0.2, 0) is 9.59 Å². The van der Waals surface area contributed by atoms with Crippen LogP contribution in [0, 0.1) is 6.92 Å². The lowest BCUT2D eigenvalue weighted by molar-refractivity contribution is -0.140. The number of ether oxygens (including phenoxy) is 2. The van der Waals surface area contributed by atoms with Gasteiger partial charge < -0.3 is 23.9 Å². The summed E-state index contributed by atoms with van der Waals surface area (Å²) >= 11 is 12.6. The Balaban J connectivity index is 2.26. The number of nitrogens with zero attached hydrogens (tertiary/aromatic N) is 1. The first kappa shape index (κ1) is 23.0. The number of methoxy groups -OCH3 is 2. The van der Waals surface area contributed by atoms with Crippen LogP contribution in [0.15, 0.2) is 28.2 Å². The highest BCUT2D eigenvalue weighted by Crippen LogP contribution is 2.47. The topological polar surface area (TPSA) is 89.2 Å². The fourth-order valence-corrected chi connectivity index (χ4v) is 4.31. The van der Waals surface area contributed by atoms with Gasteiger partial charge in [-0.3, -0.25) is 9.59 Å². The minimum Gasteiger partial charge on any atom is -0.507 e. The maximum atomic E-state index is 13.0. The largest absolute Gasteiger partial charge is 0.507 e. The quantitative estimate of drug-likeness (QED) is 0.344. The Bertz CT molecular complexity index is 1060. The second kappa shape index (κ2) is 9.24. The van der Waals surface area contributed by atoms with E-state index in [1.54, 1.807) is 19.1 Å². The van der Waals surface area contributed by atoms with Gasteiger partial charge in [0.05, 0.1) is 30.4 Å². The number of aliphatic hydroxyl groups excluding tert-OH is 1. The van der Waals surface area contributed by atoms with Crippen LogP contribution < -0.4 is 9.47 Å². The van der Waals surface area contributed by atoms with Crippen LogP contribution in [0.2, 0.25) is 10.0 Å². The number of aliphatic hydroxyl groups is 1. The van der Waals surface area contributed by atoms with Crippen LogP contribution in [-0.4, -0.2) is 42.5 Å². The molecule has 1 N–H and O–H groups in total. The number of hydrogen-bond donors (Lipinski definition) is 1. The number of Topliss-reactive ketones (excluding diaryl/α,β-unsaturated/α-hetero) is 1. The molecule has 7 nitrogen and oxygen atoms in total. The van der Waals surface area contributed by atoms with E-state index < -0.39 is 23.5 Å². The monoisotopic (exact) mass is 467 g/mol. The highest BCUT2D eigenvalue weighted by molar-refractivity contribution is 6.47. The van der Waals surface area contributed by atoms with Crippen molar-refractivity contribution in [2.24, 2.45) is 0 Å². The molecule has 0 bridgehead atoms. The molecule has 1 atom stereocenters. The average Bonchev–Trinajstić information content (AvgIpc) is 3.27. The summed E-state index contributed by atoms with van der Waals surface area (Å²) in [6.07, 6.45) is 1.51. The van der Waals surface area contributed by atoms with Crippen molar-refractivity contribution < 1.29 is 28.6 Å². The highest BCUT2D eigenvalue weighted by Gasteiger charge is 2.47. The molecule has 0 radical (unpaired) electrons. The second-order valence-corrected chi connectivity index (χ2v) is 7.87. The fourth-order valence-electron chi connectivity index (χ4n) is 3.63. The Labute approximate surface area is 190 Å². The molecule has 1 aromatic carbocycles. The normalized spacial score (nSPS) is 18.0. The molecule has 2 heterocycles. The zero-order valence-electron chi connectivity index (χ0n) is 17.6. The van der Waals surface area contributed by atoms with Crippen molar-refractivity contribution in [3.8, 4) is 11.5 Å². The summed E-state index contributed by atoms with van der Waals surface area (Å²) in [7, 11) is 2.75. The van der Waals surface area contributed by atoms with E-state index in [9.17, 15) is 14.7 Å². The van der Waals surface area contributed by atoms with E-state index in [4.69, 9.17) is 37.1 Å². The average molecular weight is 468 g/mol. The summed E-state index contributed by atoms with van der Waals surface area (Å²) in [5.41, 5.74) is -0.0499. The molecule has 1 saturated heterocycles. The van der Waals surface area contributed by atoms with Crippen molar-refractivity contribution in [3.63, 3.8) is 0 Å². The molecule has 0 aliphatic carbocycles. The summed E-state index contributed by atoms with van der Waals surface area (Å²) in [4.78, 5) is 27.2. The SMILES string of the molecule is CCCCN1C(=O)C(=O)/C(=C(/O)c2cc(Cl)c(OC)c(Cl)c2OC)C1c1ccc(C)o1. The van der Waals surface area contributed by atoms with Crippen LogP contribution in [0.4, 0.5) is 0 Å².